The topological polar surface area (TPSA) is 53.8 Å². The van der Waals surface area contributed by atoms with E-state index in [-0.39, 0.29) is 5.41 Å². The Morgan fingerprint density at radius 3 is 2.20 bits per heavy atom. The van der Waals surface area contributed by atoms with E-state index in [4.69, 9.17) is 0 Å². The van der Waals surface area contributed by atoms with E-state index >= 15 is 0 Å². The standard InChI is InChI=1S/C21H26N2OS/c1-12-13(2)18(10-22)20(23-14(12)3)25-11-19(24)21-7-15-4-16(8-21)6-17(5-15)9-21/h15-17H,4-9,11H2,1-3H3. The third-order valence-corrected chi connectivity index (χ3v) is 8.02. The van der Waals surface area contributed by atoms with Gasteiger partial charge in [0.15, 0.2) is 0 Å². The molecule has 132 valence electrons. The normalized spacial score (nSPS) is 32.6. The SMILES string of the molecule is Cc1nc(SCC(=O)C23CC4CC(CC(C4)C2)C3)c(C#N)c(C)c1C. The summed E-state index contributed by atoms with van der Waals surface area (Å²) < 4.78 is 0. The number of Topliss-reactive ketones (excluding diaryl/α,β-unsaturated/α-hetero) is 1. The molecule has 25 heavy (non-hydrogen) atoms. The lowest BCUT2D eigenvalue weighted by atomic mass is 9.48. The molecule has 0 saturated heterocycles. The Kier molecular flexibility index (Phi) is 4.19. The molecule has 4 fully saturated rings. The molecular weight excluding hydrogens is 328 g/mol. The Hall–Kier alpha value is -1.34. The summed E-state index contributed by atoms with van der Waals surface area (Å²) in [5.74, 6) is 3.25. The number of hydrogen-bond donors (Lipinski definition) is 0. The maximum absolute atomic E-state index is 13.2. The van der Waals surface area contributed by atoms with Crippen LogP contribution in [0.15, 0.2) is 5.03 Å². The molecule has 0 unspecified atom stereocenters. The van der Waals surface area contributed by atoms with E-state index in [0.29, 0.717) is 17.1 Å². The van der Waals surface area contributed by atoms with E-state index in [9.17, 15) is 10.1 Å². The number of carbonyl (C=O) groups excluding carboxylic acids is 1. The Bertz CT molecular complexity index is 742. The maximum Gasteiger partial charge on any atom is 0.149 e. The summed E-state index contributed by atoms with van der Waals surface area (Å²) in [7, 11) is 0. The molecule has 1 aromatic heterocycles. The Labute approximate surface area is 154 Å². The van der Waals surface area contributed by atoms with Crippen molar-refractivity contribution in [1.82, 2.24) is 4.98 Å². The highest BCUT2D eigenvalue weighted by Crippen LogP contribution is 2.60. The van der Waals surface area contributed by atoms with Gasteiger partial charge in [-0.1, -0.05) is 11.8 Å². The molecule has 0 aliphatic heterocycles. The Morgan fingerprint density at radius 1 is 1.12 bits per heavy atom. The lowest BCUT2D eigenvalue weighted by molar-refractivity contribution is -0.141. The number of nitriles is 1. The summed E-state index contributed by atoms with van der Waals surface area (Å²) in [6.07, 6.45) is 7.41. The van der Waals surface area contributed by atoms with E-state index < -0.39 is 0 Å². The zero-order chi connectivity index (χ0) is 17.8. The predicted octanol–water partition coefficient (Wildman–Crippen LogP) is 4.76. The van der Waals surface area contributed by atoms with E-state index in [0.717, 1.165) is 58.9 Å². The van der Waals surface area contributed by atoms with Crippen LogP contribution in [0.3, 0.4) is 0 Å². The van der Waals surface area contributed by atoms with Crippen LogP contribution in [0.4, 0.5) is 0 Å². The quantitative estimate of drug-likeness (QED) is 0.732. The fourth-order valence-corrected chi connectivity index (χ4v) is 7.01. The first kappa shape index (κ1) is 17.1. The Balaban J connectivity index is 1.53. The van der Waals surface area contributed by atoms with Gasteiger partial charge in [-0.3, -0.25) is 4.79 Å². The Morgan fingerprint density at radius 2 is 1.68 bits per heavy atom. The van der Waals surface area contributed by atoms with Gasteiger partial charge >= 0.3 is 0 Å². The molecule has 4 aliphatic carbocycles. The fraction of sp³-hybridized carbons (Fsp3) is 0.667. The van der Waals surface area contributed by atoms with Crippen LogP contribution in [-0.2, 0) is 4.79 Å². The van der Waals surface area contributed by atoms with Crippen molar-refractivity contribution in [2.75, 3.05) is 5.75 Å². The molecule has 0 N–H and O–H groups in total. The summed E-state index contributed by atoms with van der Waals surface area (Å²) in [4.78, 5) is 17.8. The van der Waals surface area contributed by atoms with Gasteiger partial charge in [0, 0.05) is 11.1 Å². The van der Waals surface area contributed by atoms with Crippen molar-refractivity contribution < 1.29 is 4.79 Å². The van der Waals surface area contributed by atoms with Crippen LogP contribution in [0.25, 0.3) is 0 Å². The highest BCUT2D eigenvalue weighted by atomic mass is 32.2. The van der Waals surface area contributed by atoms with Crippen molar-refractivity contribution in [3.63, 3.8) is 0 Å². The van der Waals surface area contributed by atoms with E-state index in [1.165, 1.54) is 31.0 Å². The number of pyridine rings is 1. The molecule has 0 spiro atoms. The van der Waals surface area contributed by atoms with Gasteiger partial charge in [0.05, 0.1) is 11.3 Å². The minimum Gasteiger partial charge on any atom is -0.298 e. The molecule has 1 heterocycles. The molecule has 4 heteroatoms. The first-order valence-electron chi connectivity index (χ1n) is 9.46. The number of aromatic nitrogens is 1. The van der Waals surface area contributed by atoms with Crippen molar-refractivity contribution in [1.29, 1.82) is 5.26 Å². The maximum atomic E-state index is 13.2. The summed E-state index contributed by atoms with van der Waals surface area (Å²) >= 11 is 1.48. The van der Waals surface area contributed by atoms with Crippen LogP contribution in [0, 0.1) is 55.3 Å². The molecule has 1 aromatic rings. The highest BCUT2D eigenvalue weighted by molar-refractivity contribution is 8.00. The van der Waals surface area contributed by atoms with E-state index in [1.807, 2.05) is 20.8 Å². The second kappa shape index (κ2) is 6.13. The van der Waals surface area contributed by atoms with E-state index in [1.54, 1.807) is 0 Å². The fourth-order valence-electron chi connectivity index (χ4n) is 5.89. The van der Waals surface area contributed by atoms with Crippen LogP contribution in [0.2, 0.25) is 0 Å². The van der Waals surface area contributed by atoms with E-state index in [2.05, 4.69) is 11.1 Å². The van der Waals surface area contributed by atoms with Crippen LogP contribution < -0.4 is 0 Å². The summed E-state index contributed by atoms with van der Waals surface area (Å²) in [5.41, 5.74) is 3.63. The molecule has 4 saturated carbocycles. The number of thioether (sulfide) groups is 1. The van der Waals surface area contributed by atoms with Gasteiger partial charge < -0.3 is 0 Å². The number of nitrogens with zero attached hydrogens (tertiary/aromatic N) is 2. The van der Waals surface area contributed by atoms with Crippen molar-refractivity contribution in [3.05, 3.63) is 22.4 Å². The van der Waals surface area contributed by atoms with Gasteiger partial charge in [-0.15, -0.1) is 0 Å². The molecule has 5 rings (SSSR count). The molecule has 0 atom stereocenters. The minimum atomic E-state index is -0.0522. The molecule has 0 aromatic carbocycles. The van der Waals surface area contributed by atoms with Gasteiger partial charge in [0.25, 0.3) is 0 Å². The zero-order valence-electron chi connectivity index (χ0n) is 15.4. The monoisotopic (exact) mass is 354 g/mol. The molecular formula is C21H26N2OS. The average Bonchev–Trinajstić information content (AvgIpc) is 2.56. The van der Waals surface area contributed by atoms with Crippen molar-refractivity contribution >= 4 is 17.5 Å². The minimum absolute atomic E-state index is 0.0522. The largest absolute Gasteiger partial charge is 0.298 e. The molecule has 4 aliphatic rings. The first-order valence-corrected chi connectivity index (χ1v) is 10.4. The van der Waals surface area contributed by atoms with Crippen LogP contribution in [-0.4, -0.2) is 16.5 Å². The molecule has 3 nitrogen and oxygen atoms in total. The van der Waals surface area contributed by atoms with Crippen LogP contribution >= 0.6 is 11.8 Å². The average molecular weight is 355 g/mol. The molecule has 0 amide bonds. The third kappa shape index (κ3) is 2.81. The number of carbonyl (C=O) groups is 1. The lowest BCUT2D eigenvalue weighted by Gasteiger charge is -2.56. The van der Waals surface area contributed by atoms with Crippen LogP contribution in [0.1, 0.15) is 60.9 Å². The summed E-state index contributed by atoms with van der Waals surface area (Å²) in [6.45, 7) is 5.97. The summed E-state index contributed by atoms with van der Waals surface area (Å²) in [6, 6.07) is 2.30. The molecule has 4 bridgehead atoms. The van der Waals surface area contributed by atoms with Gasteiger partial charge in [0.2, 0.25) is 0 Å². The second-order valence-corrected chi connectivity index (χ2v) is 9.61. The van der Waals surface area contributed by atoms with Gasteiger partial charge in [0.1, 0.15) is 16.9 Å². The molecule has 0 radical (unpaired) electrons. The smallest absolute Gasteiger partial charge is 0.149 e. The van der Waals surface area contributed by atoms with Gasteiger partial charge in [-0.05, 0) is 88.2 Å². The summed E-state index contributed by atoms with van der Waals surface area (Å²) in [5, 5.41) is 10.3. The van der Waals surface area contributed by atoms with Gasteiger partial charge in [-0.2, -0.15) is 5.26 Å². The third-order valence-electron chi connectivity index (χ3n) is 7.04. The number of hydrogen-bond acceptors (Lipinski definition) is 4. The van der Waals surface area contributed by atoms with Crippen molar-refractivity contribution in [3.8, 4) is 6.07 Å². The number of rotatable bonds is 4. The predicted molar refractivity (Wildman–Crippen MR) is 99.5 cm³/mol. The van der Waals surface area contributed by atoms with Crippen LogP contribution in [0.5, 0.6) is 0 Å². The first-order chi connectivity index (χ1) is 11.9. The van der Waals surface area contributed by atoms with Crippen molar-refractivity contribution in [2.24, 2.45) is 23.2 Å². The second-order valence-electron chi connectivity index (χ2n) is 8.65. The van der Waals surface area contributed by atoms with Crippen molar-refractivity contribution in [2.45, 2.75) is 64.3 Å². The number of ketones is 1. The van der Waals surface area contributed by atoms with Gasteiger partial charge in [-0.25, -0.2) is 4.98 Å². The zero-order valence-corrected chi connectivity index (χ0v) is 16.2. The highest BCUT2D eigenvalue weighted by Gasteiger charge is 2.54. The number of aryl methyl sites for hydroxylation is 1. The lowest BCUT2D eigenvalue weighted by Crippen LogP contribution is -2.50.